The number of amides is 1. The van der Waals surface area contributed by atoms with Gasteiger partial charge in [-0.05, 0) is 39.5 Å². The van der Waals surface area contributed by atoms with Crippen molar-refractivity contribution in [1.29, 1.82) is 0 Å². The number of aromatic nitrogens is 2. The third-order valence-corrected chi connectivity index (χ3v) is 4.07. The molecule has 0 atom stereocenters. The van der Waals surface area contributed by atoms with Crippen LogP contribution < -0.4 is 5.32 Å². The number of carbonyl (C=O) groups excluding carboxylic acids is 1. The van der Waals surface area contributed by atoms with E-state index in [0.717, 1.165) is 10.1 Å². The van der Waals surface area contributed by atoms with Crippen molar-refractivity contribution in [2.45, 2.75) is 0 Å². The molecule has 4 nitrogen and oxygen atoms in total. The number of hydrogen-bond donors (Lipinski definition) is 1. The molecule has 7 heteroatoms. The fraction of sp³-hybridized carbons (Fsp3) is 0. The van der Waals surface area contributed by atoms with E-state index in [1.54, 1.807) is 12.1 Å². The molecule has 100 valence electrons. The Hall–Kier alpha value is -1.86. The Bertz CT molecular complexity index is 788. The van der Waals surface area contributed by atoms with Gasteiger partial charge in [0, 0.05) is 4.70 Å². The number of halogens is 2. The summed E-state index contributed by atoms with van der Waals surface area (Å²) in [6.45, 7) is 0. The molecule has 0 aliphatic carbocycles. The van der Waals surface area contributed by atoms with Crippen LogP contribution in [0.4, 0.5) is 10.2 Å². The zero-order valence-electron chi connectivity index (χ0n) is 9.93. The number of fused-ring (bicyclic) bond motifs is 1. The minimum Gasteiger partial charge on any atom is -0.305 e. The molecule has 0 saturated carbocycles. The second kappa shape index (κ2) is 5.26. The Morgan fingerprint density at radius 3 is 2.85 bits per heavy atom. The number of rotatable bonds is 2. The van der Waals surface area contributed by atoms with Gasteiger partial charge in [-0.2, -0.15) is 0 Å². The average molecular weight is 352 g/mol. The van der Waals surface area contributed by atoms with Crippen LogP contribution in [0.3, 0.4) is 0 Å². The number of nitrogens with zero attached hydrogens (tertiary/aromatic N) is 2. The summed E-state index contributed by atoms with van der Waals surface area (Å²) in [6.07, 6.45) is 2.95. The lowest BCUT2D eigenvalue weighted by Gasteiger charge is -2.01. The van der Waals surface area contributed by atoms with Gasteiger partial charge in [0.2, 0.25) is 0 Å². The van der Waals surface area contributed by atoms with Crippen molar-refractivity contribution in [2.75, 3.05) is 5.32 Å². The standard InChI is InChI=1S/C13H7BrFN3OS/c14-11-5-17-12(6-16-11)18-13(19)10-3-7-1-2-8(15)4-9(7)20-10/h1-6H,(H,17,18,19). The summed E-state index contributed by atoms with van der Waals surface area (Å²) >= 11 is 4.40. The highest BCUT2D eigenvalue weighted by molar-refractivity contribution is 9.10. The Kier molecular flexibility index (Phi) is 3.45. The van der Waals surface area contributed by atoms with Crippen LogP contribution in [0, 0.1) is 5.82 Å². The van der Waals surface area contributed by atoms with Crippen molar-refractivity contribution in [1.82, 2.24) is 9.97 Å². The van der Waals surface area contributed by atoms with Crippen LogP contribution >= 0.6 is 27.3 Å². The van der Waals surface area contributed by atoms with E-state index < -0.39 is 0 Å². The summed E-state index contributed by atoms with van der Waals surface area (Å²) < 4.78 is 14.4. The van der Waals surface area contributed by atoms with E-state index >= 15 is 0 Å². The number of thiophene rings is 1. The van der Waals surface area contributed by atoms with Gasteiger partial charge in [0.25, 0.3) is 5.91 Å². The molecular formula is C13H7BrFN3OS. The van der Waals surface area contributed by atoms with E-state index in [9.17, 15) is 9.18 Å². The second-order valence-electron chi connectivity index (χ2n) is 3.97. The van der Waals surface area contributed by atoms with Gasteiger partial charge in [0.15, 0.2) is 5.82 Å². The SMILES string of the molecule is O=C(Nc1cnc(Br)cn1)c1cc2ccc(F)cc2s1. The third kappa shape index (κ3) is 2.68. The van der Waals surface area contributed by atoms with Gasteiger partial charge >= 0.3 is 0 Å². The van der Waals surface area contributed by atoms with Gasteiger partial charge in [-0.1, -0.05) is 6.07 Å². The molecule has 1 aromatic carbocycles. The lowest BCUT2D eigenvalue weighted by molar-refractivity contribution is 0.103. The summed E-state index contributed by atoms with van der Waals surface area (Å²) in [5.41, 5.74) is 0. The molecule has 0 bridgehead atoms. The van der Waals surface area contributed by atoms with E-state index in [0.29, 0.717) is 15.3 Å². The van der Waals surface area contributed by atoms with Crippen LogP contribution in [-0.2, 0) is 0 Å². The van der Waals surface area contributed by atoms with Crippen LogP contribution in [0.2, 0.25) is 0 Å². The highest BCUT2D eigenvalue weighted by Gasteiger charge is 2.11. The molecule has 0 fully saturated rings. The molecule has 0 aliphatic heterocycles. The first-order valence-electron chi connectivity index (χ1n) is 5.60. The quantitative estimate of drug-likeness (QED) is 0.762. The van der Waals surface area contributed by atoms with Gasteiger partial charge in [0.1, 0.15) is 10.4 Å². The first kappa shape index (κ1) is 13.1. The number of carbonyl (C=O) groups is 1. The summed E-state index contributed by atoms with van der Waals surface area (Å²) in [5, 5.41) is 3.48. The van der Waals surface area contributed by atoms with E-state index in [4.69, 9.17) is 0 Å². The molecule has 1 N–H and O–H groups in total. The topological polar surface area (TPSA) is 54.9 Å². The fourth-order valence-corrected chi connectivity index (χ4v) is 2.86. The number of anilines is 1. The molecule has 3 rings (SSSR count). The molecule has 2 heterocycles. The lowest BCUT2D eigenvalue weighted by Crippen LogP contribution is -2.11. The highest BCUT2D eigenvalue weighted by Crippen LogP contribution is 2.26. The van der Waals surface area contributed by atoms with E-state index in [2.05, 4.69) is 31.2 Å². The molecule has 0 radical (unpaired) electrons. The van der Waals surface area contributed by atoms with Gasteiger partial charge in [0.05, 0.1) is 17.3 Å². The maximum Gasteiger partial charge on any atom is 0.266 e. The van der Waals surface area contributed by atoms with Crippen molar-refractivity contribution in [3.8, 4) is 0 Å². The third-order valence-electron chi connectivity index (χ3n) is 2.57. The van der Waals surface area contributed by atoms with Crippen molar-refractivity contribution >= 4 is 49.1 Å². The molecule has 2 aromatic heterocycles. The number of benzene rings is 1. The first-order valence-corrected chi connectivity index (χ1v) is 7.21. The average Bonchev–Trinajstić information content (AvgIpc) is 2.84. The summed E-state index contributed by atoms with van der Waals surface area (Å²) in [4.78, 5) is 20.6. The Morgan fingerprint density at radius 1 is 1.25 bits per heavy atom. The molecule has 0 saturated heterocycles. The van der Waals surface area contributed by atoms with E-state index in [-0.39, 0.29) is 11.7 Å². The Labute approximate surface area is 125 Å². The molecule has 3 aromatic rings. The smallest absolute Gasteiger partial charge is 0.266 e. The predicted molar refractivity (Wildman–Crippen MR) is 79.5 cm³/mol. The van der Waals surface area contributed by atoms with Crippen molar-refractivity contribution < 1.29 is 9.18 Å². The van der Waals surface area contributed by atoms with Crippen molar-refractivity contribution in [3.05, 3.63) is 52.0 Å². The highest BCUT2D eigenvalue weighted by atomic mass is 79.9. The van der Waals surface area contributed by atoms with Crippen LogP contribution in [0.15, 0.2) is 41.3 Å². The van der Waals surface area contributed by atoms with Gasteiger partial charge in [-0.25, -0.2) is 14.4 Å². The molecule has 0 unspecified atom stereocenters. The summed E-state index contributed by atoms with van der Waals surface area (Å²) in [7, 11) is 0. The summed E-state index contributed by atoms with van der Waals surface area (Å²) in [6, 6.07) is 6.16. The van der Waals surface area contributed by atoms with Gasteiger partial charge in [-0.3, -0.25) is 4.79 Å². The minimum absolute atomic E-state index is 0.289. The zero-order chi connectivity index (χ0) is 14.1. The maximum atomic E-state index is 13.1. The normalized spacial score (nSPS) is 10.7. The lowest BCUT2D eigenvalue weighted by atomic mass is 10.2. The van der Waals surface area contributed by atoms with Crippen molar-refractivity contribution in [2.24, 2.45) is 0 Å². The molecule has 0 spiro atoms. The Morgan fingerprint density at radius 2 is 2.10 bits per heavy atom. The molecular weight excluding hydrogens is 345 g/mol. The van der Waals surface area contributed by atoms with Crippen LogP contribution in [-0.4, -0.2) is 15.9 Å². The van der Waals surface area contributed by atoms with Gasteiger partial charge < -0.3 is 5.32 Å². The minimum atomic E-state index is -0.315. The van der Waals surface area contributed by atoms with Crippen LogP contribution in [0.1, 0.15) is 9.67 Å². The van der Waals surface area contributed by atoms with Crippen LogP contribution in [0.25, 0.3) is 10.1 Å². The molecule has 0 aliphatic rings. The molecule has 1 amide bonds. The van der Waals surface area contributed by atoms with E-state index in [1.807, 2.05) is 0 Å². The maximum absolute atomic E-state index is 13.1. The van der Waals surface area contributed by atoms with Gasteiger partial charge in [-0.15, -0.1) is 11.3 Å². The zero-order valence-corrected chi connectivity index (χ0v) is 12.3. The number of nitrogens with one attached hydrogen (secondary N) is 1. The van der Waals surface area contributed by atoms with E-state index in [1.165, 1.54) is 35.9 Å². The number of hydrogen-bond acceptors (Lipinski definition) is 4. The van der Waals surface area contributed by atoms with Crippen LogP contribution in [0.5, 0.6) is 0 Å². The summed E-state index contributed by atoms with van der Waals surface area (Å²) in [5.74, 6) is -0.241. The molecule has 20 heavy (non-hydrogen) atoms. The predicted octanol–water partition coefficient (Wildman–Crippen LogP) is 3.85. The Balaban J connectivity index is 1.86. The fourth-order valence-electron chi connectivity index (χ4n) is 1.67. The first-order chi connectivity index (χ1) is 9.61. The van der Waals surface area contributed by atoms with Crippen molar-refractivity contribution in [3.63, 3.8) is 0 Å². The second-order valence-corrected chi connectivity index (χ2v) is 5.87. The monoisotopic (exact) mass is 351 g/mol. The largest absolute Gasteiger partial charge is 0.305 e.